The quantitative estimate of drug-likeness (QED) is 0.608. The number of amides is 1. The van der Waals surface area contributed by atoms with Gasteiger partial charge in [0, 0.05) is 50.5 Å². The Morgan fingerprint density at radius 2 is 2.21 bits per heavy atom. The van der Waals surface area contributed by atoms with E-state index in [0.29, 0.717) is 37.2 Å². The standard InChI is InChI=1S/C19H25ClN6O2/c1-4-28-17-9-15(20)6-5-14(17)10-22-19(21-2)25-7-8-26(18(27)13-25)16-11-23-24(3)12-16/h5-6,9,11-12H,4,7-8,10,13H2,1-3H3,(H,21,22). The molecule has 1 N–H and O–H groups in total. The van der Waals surface area contributed by atoms with E-state index >= 15 is 0 Å². The predicted octanol–water partition coefficient (Wildman–Crippen LogP) is 1.90. The van der Waals surface area contributed by atoms with Crippen LogP contribution in [0, 0.1) is 0 Å². The molecule has 2 heterocycles. The number of piperazine rings is 1. The summed E-state index contributed by atoms with van der Waals surface area (Å²) < 4.78 is 7.36. The number of carbonyl (C=O) groups is 1. The number of aryl methyl sites for hydroxylation is 1. The van der Waals surface area contributed by atoms with Crippen molar-refractivity contribution in [1.82, 2.24) is 20.0 Å². The summed E-state index contributed by atoms with van der Waals surface area (Å²) in [6.07, 6.45) is 3.55. The predicted molar refractivity (Wildman–Crippen MR) is 110 cm³/mol. The van der Waals surface area contributed by atoms with Gasteiger partial charge in [0.25, 0.3) is 0 Å². The number of ether oxygens (including phenoxy) is 1. The van der Waals surface area contributed by atoms with Crippen molar-refractivity contribution in [2.75, 3.05) is 38.2 Å². The smallest absolute Gasteiger partial charge is 0.246 e. The summed E-state index contributed by atoms with van der Waals surface area (Å²) in [6, 6.07) is 5.57. The van der Waals surface area contributed by atoms with Crippen LogP contribution in [0.3, 0.4) is 0 Å². The second kappa shape index (κ2) is 8.97. The van der Waals surface area contributed by atoms with E-state index in [2.05, 4.69) is 15.4 Å². The minimum Gasteiger partial charge on any atom is -0.493 e. The zero-order valence-corrected chi connectivity index (χ0v) is 17.1. The second-order valence-corrected chi connectivity index (χ2v) is 6.86. The second-order valence-electron chi connectivity index (χ2n) is 6.42. The third-order valence-electron chi connectivity index (χ3n) is 4.50. The van der Waals surface area contributed by atoms with Gasteiger partial charge in [-0.2, -0.15) is 5.10 Å². The van der Waals surface area contributed by atoms with Crippen LogP contribution in [-0.2, 0) is 18.4 Å². The van der Waals surface area contributed by atoms with Crippen molar-refractivity contribution in [3.63, 3.8) is 0 Å². The summed E-state index contributed by atoms with van der Waals surface area (Å²) in [4.78, 5) is 20.7. The number of hydrogen-bond acceptors (Lipinski definition) is 4. The van der Waals surface area contributed by atoms with Gasteiger partial charge >= 0.3 is 0 Å². The average molecular weight is 405 g/mol. The first kappa shape index (κ1) is 20.0. The topological polar surface area (TPSA) is 75.0 Å². The molecule has 1 amide bonds. The van der Waals surface area contributed by atoms with Gasteiger partial charge in [0.2, 0.25) is 5.91 Å². The molecule has 0 radical (unpaired) electrons. The molecular weight excluding hydrogens is 380 g/mol. The molecule has 0 saturated carbocycles. The summed E-state index contributed by atoms with van der Waals surface area (Å²) >= 11 is 6.07. The summed E-state index contributed by atoms with van der Waals surface area (Å²) in [5, 5.41) is 8.09. The molecule has 1 fully saturated rings. The van der Waals surface area contributed by atoms with E-state index in [1.807, 2.05) is 37.2 Å². The van der Waals surface area contributed by atoms with Crippen molar-refractivity contribution < 1.29 is 9.53 Å². The molecule has 8 nitrogen and oxygen atoms in total. The molecule has 1 aliphatic rings. The van der Waals surface area contributed by atoms with Crippen molar-refractivity contribution in [1.29, 1.82) is 0 Å². The highest BCUT2D eigenvalue weighted by Crippen LogP contribution is 2.23. The van der Waals surface area contributed by atoms with Crippen LogP contribution in [0.15, 0.2) is 35.6 Å². The molecule has 0 spiro atoms. The number of carbonyl (C=O) groups excluding carboxylic acids is 1. The van der Waals surface area contributed by atoms with Gasteiger partial charge < -0.3 is 19.9 Å². The monoisotopic (exact) mass is 404 g/mol. The van der Waals surface area contributed by atoms with E-state index in [9.17, 15) is 4.79 Å². The van der Waals surface area contributed by atoms with Crippen LogP contribution < -0.4 is 15.0 Å². The number of benzene rings is 1. The van der Waals surface area contributed by atoms with Gasteiger partial charge in [-0.25, -0.2) is 0 Å². The van der Waals surface area contributed by atoms with E-state index in [1.165, 1.54) is 0 Å². The first-order chi connectivity index (χ1) is 13.5. The Labute approximate surface area is 169 Å². The van der Waals surface area contributed by atoms with E-state index in [1.54, 1.807) is 28.9 Å². The van der Waals surface area contributed by atoms with E-state index in [4.69, 9.17) is 16.3 Å². The Bertz CT molecular complexity index is 866. The molecular formula is C19H25ClN6O2. The third kappa shape index (κ3) is 4.56. The maximum absolute atomic E-state index is 12.6. The van der Waals surface area contributed by atoms with Crippen LogP contribution in [0.1, 0.15) is 12.5 Å². The summed E-state index contributed by atoms with van der Waals surface area (Å²) in [5.74, 6) is 1.44. The molecule has 0 bridgehead atoms. The van der Waals surface area contributed by atoms with E-state index < -0.39 is 0 Å². The maximum atomic E-state index is 12.6. The molecule has 150 valence electrons. The van der Waals surface area contributed by atoms with Crippen LogP contribution in [0.25, 0.3) is 0 Å². The largest absolute Gasteiger partial charge is 0.493 e. The maximum Gasteiger partial charge on any atom is 0.246 e. The SMILES string of the molecule is CCOc1cc(Cl)ccc1CNC(=NC)N1CCN(c2cnn(C)c2)C(=O)C1. The van der Waals surface area contributed by atoms with Crippen molar-refractivity contribution in [2.45, 2.75) is 13.5 Å². The lowest BCUT2D eigenvalue weighted by Crippen LogP contribution is -2.55. The fourth-order valence-corrected chi connectivity index (χ4v) is 3.31. The molecule has 0 unspecified atom stereocenters. The molecule has 3 rings (SSSR count). The minimum absolute atomic E-state index is 0.0173. The van der Waals surface area contributed by atoms with E-state index in [-0.39, 0.29) is 12.5 Å². The third-order valence-corrected chi connectivity index (χ3v) is 4.74. The summed E-state index contributed by atoms with van der Waals surface area (Å²) in [7, 11) is 3.55. The number of nitrogens with zero attached hydrogens (tertiary/aromatic N) is 5. The van der Waals surface area contributed by atoms with Gasteiger partial charge in [-0.3, -0.25) is 14.5 Å². The van der Waals surface area contributed by atoms with Gasteiger partial charge in [0.05, 0.1) is 18.5 Å². The van der Waals surface area contributed by atoms with Gasteiger partial charge in [-0.15, -0.1) is 0 Å². The molecule has 0 atom stereocenters. The first-order valence-corrected chi connectivity index (χ1v) is 9.55. The molecule has 1 aliphatic heterocycles. The number of nitrogens with one attached hydrogen (secondary N) is 1. The van der Waals surface area contributed by atoms with Crippen LogP contribution in [0.5, 0.6) is 5.75 Å². The molecule has 1 aromatic carbocycles. The van der Waals surface area contributed by atoms with Crippen LogP contribution in [0.2, 0.25) is 5.02 Å². The fraction of sp³-hybridized carbons (Fsp3) is 0.421. The summed E-state index contributed by atoms with van der Waals surface area (Å²) in [6.45, 7) is 4.54. The van der Waals surface area contributed by atoms with Crippen molar-refractivity contribution in [2.24, 2.45) is 12.0 Å². The molecule has 0 aliphatic carbocycles. The molecule has 28 heavy (non-hydrogen) atoms. The highest BCUT2D eigenvalue weighted by atomic mass is 35.5. The Morgan fingerprint density at radius 1 is 1.39 bits per heavy atom. The van der Waals surface area contributed by atoms with Crippen LogP contribution in [-0.4, -0.2) is 59.8 Å². The van der Waals surface area contributed by atoms with Crippen molar-refractivity contribution >= 4 is 29.2 Å². The van der Waals surface area contributed by atoms with E-state index in [0.717, 1.165) is 17.0 Å². The Kier molecular flexibility index (Phi) is 6.41. The highest BCUT2D eigenvalue weighted by molar-refractivity contribution is 6.30. The number of rotatable bonds is 5. The first-order valence-electron chi connectivity index (χ1n) is 9.17. The minimum atomic E-state index is 0.0173. The lowest BCUT2D eigenvalue weighted by Gasteiger charge is -2.35. The van der Waals surface area contributed by atoms with Crippen molar-refractivity contribution in [3.8, 4) is 5.75 Å². The lowest BCUT2D eigenvalue weighted by atomic mass is 10.2. The number of anilines is 1. The van der Waals surface area contributed by atoms with Gasteiger partial charge in [-0.05, 0) is 19.1 Å². The molecule has 2 aromatic rings. The number of aliphatic imine (C=N–C) groups is 1. The normalized spacial score (nSPS) is 15.1. The van der Waals surface area contributed by atoms with Crippen molar-refractivity contribution in [3.05, 3.63) is 41.2 Å². The molecule has 9 heteroatoms. The number of hydrogen-bond donors (Lipinski definition) is 1. The van der Waals surface area contributed by atoms with Gasteiger partial charge in [0.1, 0.15) is 12.3 Å². The Hall–Kier alpha value is -2.74. The van der Waals surface area contributed by atoms with Crippen LogP contribution >= 0.6 is 11.6 Å². The number of guanidine groups is 1. The highest BCUT2D eigenvalue weighted by Gasteiger charge is 2.27. The Morgan fingerprint density at radius 3 is 2.86 bits per heavy atom. The van der Waals surface area contributed by atoms with Gasteiger partial charge in [-0.1, -0.05) is 17.7 Å². The fourth-order valence-electron chi connectivity index (χ4n) is 3.15. The number of halogens is 1. The Balaban J connectivity index is 1.63. The molecule has 1 aromatic heterocycles. The average Bonchev–Trinajstić information content (AvgIpc) is 3.10. The zero-order chi connectivity index (χ0) is 20.1. The van der Waals surface area contributed by atoms with Gasteiger partial charge in [0.15, 0.2) is 5.96 Å². The summed E-state index contributed by atoms with van der Waals surface area (Å²) in [5.41, 5.74) is 1.80. The van der Waals surface area contributed by atoms with Crippen LogP contribution in [0.4, 0.5) is 5.69 Å². The number of aromatic nitrogens is 2. The molecule has 1 saturated heterocycles. The zero-order valence-electron chi connectivity index (χ0n) is 16.4. The lowest BCUT2D eigenvalue weighted by molar-refractivity contribution is -0.120.